The van der Waals surface area contributed by atoms with Crippen LogP contribution in [0.25, 0.3) is 0 Å². The summed E-state index contributed by atoms with van der Waals surface area (Å²) in [6, 6.07) is 9.08. The lowest BCUT2D eigenvalue weighted by Gasteiger charge is -2.49. The molecule has 2 aliphatic rings. The van der Waals surface area contributed by atoms with E-state index in [1.54, 1.807) is 11.8 Å². The molecule has 0 spiro atoms. The van der Waals surface area contributed by atoms with Gasteiger partial charge in [0.15, 0.2) is 0 Å². The fourth-order valence-corrected chi connectivity index (χ4v) is 6.12. The molecule has 160 valence electrons. The molecule has 1 aromatic carbocycles. The highest BCUT2D eigenvalue weighted by Crippen LogP contribution is 2.40. The lowest BCUT2D eigenvalue weighted by atomic mass is 10.0. The second kappa shape index (κ2) is 10.3. The molecule has 0 saturated carbocycles. The van der Waals surface area contributed by atoms with Gasteiger partial charge in [0, 0.05) is 28.2 Å². The van der Waals surface area contributed by atoms with Gasteiger partial charge < -0.3 is 15.2 Å². The summed E-state index contributed by atoms with van der Waals surface area (Å²) in [5.74, 6) is -2.00. The molecular weight excluding hydrogens is 448 g/mol. The predicted octanol–water partition coefficient (Wildman–Crippen LogP) is 1.77. The van der Waals surface area contributed by atoms with E-state index >= 15 is 0 Å². The number of thioether (sulfide) groups is 3. The lowest BCUT2D eigenvalue weighted by Crippen LogP contribution is -2.70. The molecule has 0 aliphatic carbocycles. The molecule has 2 unspecified atom stereocenters. The van der Waals surface area contributed by atoms with Crippen LogP contribution in [-0.4, -0.2) is 68.4 Å². The van der Waals surface area contributed by atoms with Crippen molar-refractivity contribution in [2.75, 3.05) is 23.2 Å². The molecule has 2 amide bonds. The topological polar surface area (TPSA) is 113 Å². The number of ether oxygens (including phenoxy) is 1. The summed E-state index contributed by atoms with van der Waals surface area (Å²) in [6.07, 6.45) is 0. The number of carbonyl (C=O) groups is 4. The smallest absolute Gasteiger partial charge is 0.352 e. The van der Waals surface area contributed by atoms with E-state index < -0.39 is 29.3 Å². The standard InChI is InChI=1S/C19H20N2O6S3/c1-11(22)27-7-12-8-29-18-15(17(24)21(18)16(12)19(25)26)20-14(23)9-28-10-30-13-5-3-2-4-6-13/h2-6,15,18H,7-10H2,1H3,(H,20,23)(H,25,26). The van der Waals surface area contributed by atoms with Crippen molar-refractivity contribution in [3.8, 4) is 0 Å². The number of carboxylic acids is 1. The van der Waals surface area contributed by atoms with E-state index in [1.165, 1.54) is 35.3 Å². The van der Waals surface area contributed by atoms with Gasteiger partial charge in [0.25, 0.3) is 5.91 Å². The van der Waals surface area contributed by atoms with Gasteiger partial charge >= 0.3 is 11.9 Å². The minimum atomic E-state index is -1.26. The van der Waals surface area contributed by atoms with Crippen molar-refractivity contribution in [2.45, 2.75) is 23.2 Å². The zero-order chi connectivity index (χ0) is 21.7. The Labute approximate surface area is 186 Å². The Balaban J connectivity index is 1.51. The van der Waals surface area contributed by atoms with Crippen LogP contribution < -0.4 is 5.32 Å². The highest BCUT2D eigenvalue weighted by atomic mass is 32.2. The Kier molecular flexibility index (Phi) is 7.73. The number of hydrogen-bond acceptors (Lipinski definition) is 8. The molecule has 0 aromatic heterocycles. The Bertz CT molecular complexity index is 876. The third-order valence-electron chi connectivity index (χ3n) is 4.30. The molecule has 0 radical (unpaired) electrons. The molecule has 3 rings (SSSR count). The zero-order valence-electron chi connectivity index (χ0n) is 16.0. The van der Waals surface area contributed by atoms with Crippen molar-refractivity contribution in [3.05, 3.63) is 41.6 Å². The molecule has 11 heteroatoms. The number of hydrogen-bond donors (Lipinski definition) is 2. The maximum absolute atomic E-state index is 12.5. The Morgan fingerprint density at radius 3 is 2.70 bits per heavy atom. The molecule has 2 heterocycles. The van der Waals surface area contributed by atoms with Gasteiger partial charge in [-0.15, -0.1) is 35.3 Å². The van der Waals surface area contributed by atoms with Crippen molar-refractivity contribution in [1.82, 2.24) is 10.2 Å². The molecular formula is C19H20N2O6S3. The number of nitrogens with zero attached hydrogens (tertiary/aromatic N) is 1. The van der Waals surface area contributed by atoms with E-state index in [9.17, 15) is 24.3 Å². The first-order valence-electron chi connectivity index (χ1n) is 8.96. The first kappa shape index (κ1) is 22.6. The van der Waals surface area contributed by atoms with Crippen LogP contribution in [0.5, 0.6) is 0 Å². The van der Waals surface area contributed by atoms with E-state index in [0.29, 0.717) is 16.4 Å². The van der Waals surface area contributed by atoms with Gasteiger partial charge in [0.1, 0.15) is 23.7 Å². The van der Waals surface area contributed by atoms with E-state index in [-0.39, 0.29) is 24.0 Å². The summed E-state index contributed by atoms with van der Waals surface area (Å²) >= 11 is 4.41. The number of fused-ring (bicyclic) bond motifs is 1. The molecule has 2 aliphatic heterocycles. The van der Waals surface area contributed by atoms with Gasteiger partial charge in [0.05, 0.1) is 5.75 Å². The van der Waals surface area contributed by atoms with Gasteiger partial charge in [-0.05, 0) is 12.1 Å². The van der Waals surface area contributed by atoms with Crippen molar-refractivity contribution >= 4 is 59.0 Å². The first-order valence-corrected chi connectivity index (χ1v) is 12.2. The molecule has 2 atom stereocenters. The Hall–Kier alpha value is -2.11. The quantitative estimate of drug-likeness (QED) is 0.184. The van der Waals surface area contributed by atoms with Crippen molar-refractivity contribution < 1.29 is 29.0 Å². The maximum Gasteiger partial charge on any atom is 0.352 e. The van der Waals surface area contributed by atoms with Crippen LogP contribution in [0.2, 0.25) is 0 Å². The van der Waals surface area contributed by atoms with Gasteiger partial charge in [-0.1, -0.05) is 18.2 Å². The lowest BCUT2D eigenvalue weighted by molar-refractivity contribution is -0.150. The van der Waals surface area contributed by atoms with E-state index in [2.05, 4.69) is 5.32 Å². The largest absolute Gasteiger partial charge is 0.477 e. The SMILES string of the molecule is CC(=O)OCC1=C(C(=O)O)N2C(=O)C(NC(=O)CSCSc3ccccc3)C2SC1. The molecule has 1 fully saturated rings. The maximum atomic E-state index is 12.5. The number of aliphatic carboxylic acids is 1. The molecule has 1 aromatic rings. The molecule has 1 saturated heterocycles. The summed E-state index contributed by atoms with van der Waals surface area (Å²) in [7, 11) is 0. The number of amides is 2. The number of rotatable bonds is 9. The van der Waals surface area contributed by atoms with Gasteiger partial charge in [-0.3, -0.25) is 19.3 Å². The van der Waals surface area contributed by atoms with Gasteiger partial charge in [-0.25, -0.2) is 4.79 Å². The van der Waals surface area contributed by atoms with Crippen LogP contribution in [-0.2, 0) is 23.9 Å². The van der Waals surface area contributed by atoms with E-state index in [1.807, 2.05) is 30.3 Å². The summed E-state index contributed by atoms with van der Waals surface area (Å²) in [6.45, 7) is 1.06. The van der Waals surface area contributed by atoms with E-state index in [0.717, 1.165) is 4.90 Å². The predicted molar refractivity (Wildman–Crippen MR) is 116 cm³/mol. The summed E-state index contributed by atoms with van der Waals surface area (Å²) in [5.41, 5.74) is 0.203. The van der Waals surface area contributed by atoms with Crippen LogP contribution in [0, 0.1) is 0 Å². The monoisotopic (exact) mass is 468 g/mol. The summed E-state index contributed by atoms with van der Waals surface area (Å²) < 4.78 is 4.90. The second-order valence-electron chi connectivity index (χ2n) is 6.42. The Morgan fingerprint density at radius 2 is 2.03 bits per heavy atom. The van der Waals surface area contributed by atoms with Crippen molar-refractivity contribution in [2.24, 2.45) is 0 Å². The highest BCUT2D eigenvalue weighted by molar-refractivity contribution is 8.16. The number of esters is 1. The summed E-state index contributed by atoms with van der Waals surface area (Å²) in [4.78, 5) is 49.7. The minimum absolute atomic E-state index is 0.163. The van der Waals surface area contributed by atoms with Crippen LogP contribution in [0.3, 0.4) is 0 Å². The normalized spacial score (nSPS) is 20.3. The van der Waals surface area contributed by atoms with Crippen LogP contribution in [0.15, 0.2) is 46.5 Å². The third-order valence-corrected chi connectivity index (χ3v) is 7.85. The average molecular weight is 469 g/mol. The molecule has 8 nitrogen and oxygen atoms in total. The van der Waals surface area contributed by atoms with Gasteiger partial charge in [-0.2, -0.15) is 0 Å². The van der Waals surface area contributed by atoms with Crippen molar-refractivity contribution in [3.63, 3.8) is 0 Å². The second-order valence-corrected chi connectivity index (χ2v) is 9.92. The highest BCUT2D eigenvalue weighted by Gasteiger charge is 2.54. The first-order chi connectivity index (χ1) is 14.4. The number of benzene rings is 1. The zero-order valence-corrected chi connectivity index (χ0v) is 18.5. The Morgan fingerprint density at radius 1 is 1.30 bits per heavy atom. The third kappa shape index (κ3) is 5.32. The molecule has 0 bridgehead atoms. The average Bonchev–Trinajstić information content (AvgIpc) is 2.73. The van der Waals surface area contributed by atoms with Crippen LogP contribution >= 0.6 is 35.3 Å². The molecule has 2 N–H and O–H groups in total. The van der Waals surface area contributed by atoms with E-state index in [4.69, 9.17) is 4.74 Å². The minimum Gasteiger partial charge on any atom is -0.477 e. The number of carbonyl (C=O) groups excluding carboxylic acids is 3. The van der Waals surface area contributed by atoms with Crippen LogP contribution in [0.4, 0.5) is 0 Å². The number of carboxylic acid groups (broad SMARTS) is 1. The van der Waals surface area contributed by atoms with Gasteiger partial charge in [0.2, 0.25) is 5.91 Å². The number of β-lactam (4-membered cyclic amide) rings is 1. The molecule has 30 heavy (non-hydrogen) atoms. The fraction of sp³-hybridized carbons (Fsp3) is 0.368. The fourth-order valence-electron chi connectivity index (χ4n) is 2.96. The number of nitrogens with one attached hydrogen (secondary N) is 1. The van der Waals surface area contributed by atoms with Crippen molar-refractivity contribution in [1.29, 1.82) is 0 Å². The van der Waals surface area contributed by atoms with Crippen LogP contribution in [0.1, 0.15) is 6.92 Å². The summed E-state index contributed by atoms with van der Waals surface area (Å²) in [5, 5.41) is 12.5.